The molecule has 0 bridgehead atoms. The number of nitro groups is 3. The molecular weight excluding hydrogens is 1430 g/mol. The zero-order chi connectivity index (χ0) is 75.4. The molecule has 2 aliphatic rings. The lowest BCUT2D eigenvalue weighted by Gasteiger charge is -2.14. The minimum absolute atomic E-state index is 0. The van der Waals surface area contributed by atoms with Crippen LogP contribution in [0.25, 0.3) is 0 Å². The predicted octanol–water partition coefficient (Wildman–Crippen LogP) is 13.8. The van der Waals surface area contributed by atoms with E-state index in [1.165, 1.54) is 42.5 Å². The van der Waals surface area contributed by atoms with Gasteiger partial charge in [0.15, 0.2) is 0 Å². The van der Waals surface area contributed by atoms with E-state index in [2.05, 4.69) is 44.3 Å². The number of nitro benzene ring substituents is 3. The van der Waals surface area contributed by atoms with Crippen molar-refractivity contribution in [3.8, 4) is 17.2 Å². The van der Waals surface area contributed by atoms with E-state index in [9.17, 15) is 78.3 Å². The lowest BCUT2D eigenvalue weighted by atomic mass is 10.2. The number of benzene rings is 7. The number of aliphatic imine (C=N–C) groups is 1. The largest absolute Gasteiger partial charge is 0.497 e. The topological polar surface area (TPSA) is 450 Å². The van der Waals surface area contributed by atoms with E-state index in [1.54, 1.807) is 114 Å². The number of non-ortho nitro benzene ring substituents is 3. The summed E-state index contributed by atoms with van der Waals surface area (Å²) in [4.78, 5) is 141. The predicted molar refractivity (Wildman–Crippen MR) is 418 cm³/mol. The molecule has 0 radical (unpaired) electrons. The van der Waals surface area contributed by atoms with Crippen LogP contribution in [0.5, 0.6) is 17.2 Å². The van der Waals surface area contributed by atoms with Gasteiger partial charge in [-0.2, -0.15) is 0 Å². The van der Waals surface area contributed by atoms with Crippen molar-refractivity contribution < 1.29 is 76.9 Å². The molecule has 8 N–H and O–H groups in total. The molecule has 0 unspecified atom stereocenters. The fourth-order valence-electron chi connectivity index (χ4n) is 6.79. The number of nitrogens with zero attached hydrogens (tertiary/aromatic N) is 7. The molecule has 2 aliphatic heterocycles. The van der Waals surface area contributed by atoms with Crippen molar-refractivity contribution in [2.45, 2.75) is 99.3 Å². The van der Waals surface area contributed by atoms with Crippen LogP contribution in [-0.4, -0.2) is 135 Å². The summed E-state index contributed by atoms with van der Waals surface area (Å²) in [6, 6.07) is 54.0. The molecule has 107 heavy (non-hydrogen) atoms. The molecule has 0 atom stereocenters. The van der Waals surface area contributed by atoms with E-state index in [0.29, 0.717) is 25.4 Å². The summed E-state index contributed by atoms with van der Waals surface area (Å²) >= 11 is 8.98. The highest BCUT2D eigenvalue weighted by molar-refractivity contribution is 6.97. The number of nitrogen functional groups attached to an aromatic ring is 1. The van der Waals surface area contributed by atoms with E-state index in [1.807, 2.05) is 98.0 Å². The molecule has 2 heterocycles. The first kappa shape index (κ1) is 111. The Bertz CT molecular complexity index is 3590. The maximum Gasteiger partial charge on any atom is 0.334 e. The first-order valence-corrected chi connectivity index (χ1v) is 30.0. The maximum atomic E-state index is 11.9. The number of hydrogen-bond acceptors (Lipinski definition) is 23. The number of methoxy groups -OCH3 is 3. The summed E-state index contributed by atoms with van der Waals surface area (Å²) in [7, 11) is 4.79. The van der Waals surface area contributed by atoms with Crippen molar-refractivity contribution in [3.05, 3.63) is 241 Å². The molecule has 34 heteroatoms. The van der Waals surface area contributed by atoms with Gasteiger partial charge in [-0.25, -0.2) is 24.2 Å². The molecule has 10 amide bonds. The first-order chi connectivity index (χ1) is 47.8. The number of halogens is 2. The number of carbonyl (C=O) groups excluding carboxylic acids is 10. The van der Waals surface area contributed by atoms with Crippen LogP contribution in [0, 0.1) is 30.3 Å². The molecule has 2 saturated heterocycles. The van der Waals surface area contributed by atoms with Gasteiger partial charge in [-0.1, -0.05) is 168 Å². The minimum Gasteiger partial charge on any atom is -0.497 e. The molecule has 9 rings (SSSR count). The average molecular weight is 1540 g/mol. The van der Waals surface area contributed by atoms with Crippen molar-refractivity contribution >= 4 is 104 Å². The fraction of sp³-hybridized carbons (Fsp3) is 0.288. The highest BCUT2D eigenvalue weighted by atomic mass is 35.5. The standard InChI is InChI=1S/C13H14N2O4.C11H16N2O2.C9H9NO2.C6H8N2.3C6H5NO2.C5H6N2O3.C2Cl2O2.C2H7N.7CH4/c1-3-14-11(16)12(17)15(13(14)18)8-9-4-6-10(19-2)7-5-9;1-3-12-11(14)13-8-9-4-6-10(15-2)7-5-9;1-12-9-4-2-8(3-5-9)6-10-7-11;7-8-6-4-2-1-3-5-6;3*8-7(9)6-4-2-1-3-5-6;1-2-7-4(9)3(8)6-5(7)10;3-1(5)2(4)6;1-2-3;;;;;;;/h4-7H,3,8H2,1-2H3;4-7H,3,8H2,1-2H3,(H2,12,13,14);2-5H,6H2,1H3;1-5,8H,7H2;3*1-5H;2H2,1H3,(H,6,8,10);;2-3H2,1H3;7*1H4. The van der Waals surface area contributed by atoms with E-state index in [4.69, 9.17) is 25.8 Å². The Hall–Kier alpha value is -12.4. The van der Waals surface area contributed by atoms with Gasteiger partial charge in [0.05, 0.1) is 49.2 Å². The molecule has 588 valence electrons. The number of carbonyl (C=O) groups is 9. The Morgan fingerprint density at radius 2 is 0.822 bits per heavy atom. The lowest BCUT2D eigenvalue weighted by Crippen LogP contribution is -2.34. The molecule has 7 aromatic carbocycles. The first-order valence-electron chi connectivity index (χ1n) is 29.3. The Balaban J connectivity index is -0.000000172. The van der Waals surface area contributed by atoms with E-state index < -0.39 is 60.9 Å². The molecule has 32 nitrogen and oxygen atoms in total. The summed E-state index contributed by atoms with van der Waals surface area (Å²) < 4.78 is 15.0. The molecule has 2 fully saturated rings. The lowest BCUT2D eigenvalue weighted by molar-refractivity contribution is -0.385. The number of anilines is 1. The van der Waals surface area contributed by atoms with Gasteiger partial charge in [0.2, 0.25) is 6.08 Å². The van der Waals surface area contributed by atoms with Crippen LogP contribution in [-0.2, 0) is 53.2 Å². The molecule has 0 spiro atoms. The molecule has 7 aromatic rings. The van der Waals surface area contributed by atoms with Gasteiger partial charge in [-0.05, 0) is 116 Å². The quantitative estimate of drug-likeness (QED) is 0.00720. The van der Waals surface area contributed by atoms with E-state index >= 15 is 0 Å². The van der Waals surface area contributed by atoms with Crippen LogP contribution < -0.4 is 47.2 Å². The third-order valence-corrected chi connectivity index (χ3v) is 12.0. The Kier molecular flexibility index (Phi) is 67.8. The van der Waals surface area contributed by atoms with Crippen LogP contribution in [0.15, 0.2) is 199 Å². The van der Waals surface area contributed by atoms with Gasteiger partial charge in [-0.3, -0.25) is 85.0 Å². The number of isocyanates is 1. The highest BCUT2D eigenvalue weighted by Gasteiger charge is 2.43. The minimum atomic E-state index is -1.14. The number of amides is 10. The summed E-state index contributed by atoms with van der Waals surface area (Å²) in [6.45, 7) is 9.86. The van der Waals surface area contributed by atoms with Crippen LogP contribution in [0.2, 0.25) is 0 Å². The fourth-order valence-corrected chi connectivity index (χ4v) is 6.79. The number of hydrogen-bond donors (Lipinski definition) is 6. The van der Waals surface area contributed by atoms with Gasteiger partial charge in [0.25, 0.3) is 17.1 Å². The Morgan fingerprint density at radius 3 is 1.07 bits per heavy atom. The summed E-state index contributed by atoms with van der Waals surface area (Å²) in [6.07, 6.45) is 1.49. The average Bonchev–Trinajstić information content (AvgIpc) is 1.66. The van der Waals surface area contributed by atoms with Gasteiger partial charge in [0, 0.05) is 68.3 Å². The molecule has 0 aliphatic carbocycles. The smallest absolute Gasteiger partial charge is 0.334 e. The van der Waals surface area contributed by atoms with Crippen LogP contribution in [0.4, 0.5) is 37.1 Å². The number of imide groups is 4. The zero-order valence-electron chi connectivity index (χ0n) is 55.2. The van der Waals surface area contributed by atoms with Gasteiger partial charge >= 0.3 is 52.2 Å². The Labute approximate surface area is 636 Å². The number of urea groups is 3. The van der Waals surface area contributed by atoms with Gasteiger partial charge in [-0.15, -0.1) is 0 Å². The number of nitrogens with two attached hydrogens (primary N) is 2. The number of hydrazine groups is 1. The molecule has 0 saturated carbocycles. The SMILES string of the molecule is C.C.C.C.C.C.C.CCN.CCN1C(=O)C(=O)N(Cc2ccc(OC)cc2)C1=O.CCN1C(=O)NC(=O)C1=O.CCNC(=O)NCc1ccc(OC)cc1.COc1ccc(CN=C=O)cc1.NNc1ccccc1.O=C(Cl)C(=O)Cl.O=[N+]([O-])c1ccccc1.O=[N+]([O-])c1ccccc1.O=[N+]([O-])c1ccccc1. The zero-order valence-corrected chi connectivity index (χ0v) is 56.7. The van der Waals surface area contributed by atoms with Crippen molar-refractivity contribution in [1.29, 1.82) is 0 Å². The normalized spacial score (nSPS) is 10.2. The highest BCUT2D eigenvalue weighted by Crippen LogP contribution is 2.19. The van der Waals surface area contributed by atoms with Crippen molar-refractivity contribution in [2.75, 3.05) is 52.9 Å². The second-order valence-electron chi connectivity index (χ2n) is 18.4. The second kappa shape index (κ2) is 65.7. The Morgan fingerprint density at radius 1 is 0.495 bits per heavy atom. The summed E-state index contributed by atoms with van der Waals surface area (Å²) in [5.74, 6) is 4.26. The number of rotatable bonds is 17. The number of para-hydroxylation sites is 4. The maximum absolute atomic E-state index is 11.9. The van der Waals surface area contributed by atoms with E-state index in [-0.39, 0.29) is 94.7 Å². The third-order valence-electron chi connectivity index (χ3n) is 11.6. The second-order valence-corrected chi connectivity index (χ2v) is 19.1. The van der Waals surface area contributed by atoms with Crippen molar-refractivity contribution in [3.63, 3.8) is 0 Å². The summed E-state index contributed by atoms with van der Waals surface area (Å²) in [5.41, 5.74) is 11.5. The van der Waals surface area contributed by atoms with E-state index in [0.717, 1.165) is 55.1 Å². The van der Waals surface area contributed by atoms with Crippen LogP contribution >= 0.6 is 23.2 Å². The molecular formula is C73H103Cl2N13O19. The number of likely N-dealkylation sites (N-methyl/N-ethyl adjacent to an activating group) is 2. The van der Waals surface area contributed by atoms with Crippen LogP contribution in [0.3, 0.4) is 0 Å². The van der Waals surface area contributed by atoms with Crippen molar-refractivity contribution in [1.82, 2.24) is 30.7 Å². The third kappa shape index (κ3) is 46.8. The van der Waals surface area contributed by atoms with Gasteiger partial charge in [0.1, 0.15) is 17.2 Å². The van der Waals surface area contributed by atoms with Crippen molar-refractivity contribution in [2.24, 2.45) is 16.6 Å². The van der Waals surface area contributed by atoms with Gasteiger partial charge < -0.3 is 36.0 Å². The summed E-state index contributed by atoms with van der Waals surface area (Å²) in [5, 5.41) is 35.0. The van der Waals surface area contributed by atoms with Crippen LogP contribution in [0.1, 0.15) is 96.4 Å². The number of nitrogens with one attached hydrogen (secondary N) is 4. The number of ether oxygens (including phenoxy) is 3. The molecule has 0 aromatic heterocycles. The monoisotopic (exact) mass is 1540 g/mol.